The molecule has 1 aromatic heterocycles. The van der Waals surface area contributed by atoms with Gasteiger partial charge in [-0.05, 0) is 49.1 Å². The van der Waals surface area contributed by atoms with Gasteiger partial charge in [-0.1, -0.05) is 26.0 Å². The number of nitrogens with zero attached hydrogens (tertiary/aromatic N) is 3. The fraction of sp³-hybridized carbons (Fsp3) is 0.500. The third kappa shape index (κ3) is 4.28. The van der Waals surface area contributed by atoms with E-state index >= 15 is 0 Å². The average Bonchev–Trinajstić information content (AvgIpc) is 3.21. The number of benzene rings is 1. The lowest BCUT2D eigenvalue weighted by Crippen LogP contribution is -2.28. The molecule has 1 aliphatic heterocycles. The Labute approximate surface area is 150 Å². The lowest BCUT2D eigenvalue weighted by molar-refractivity contribution is 0.0949. The number of carbonyl (C=O) groups is 1. The second kappa shape index (κ2) is 7.83. The molecule has 1 aromatic carbocycles. The number of nitrogens with one attached hydrogen (secondary N) is 1. The summed E-state index contributed by atoms with van der Waals surface area (Å²) in [5, 5.41) is 7.31. The molecule has 1 aliphatic rings. The van der Waals surface area contributed by atoms with Crippen LogP contribution in [0.2, 0.25) is 0 Å². The molecule has 1 saturated heterocycles. The fourth-order valence-corrected chi connectivity index (χ4v) is 3.51. The van der Waals surface area contributed by atoms with E-state index in [9.17, 15) is 4.79 Å². The predicted octanol–water partition coefficient (Wildman–Crippen LogP) is 3.14. The summed E-state index contributed by atoms with van der Waals surface area (Å²) in [4.78, 5) is 14.8. The van der Waals surface area contributed by atoms with Crippen molar-refractivity contribution in [2.75, 3.05) is 13.1 Å². The Morgan fingerprint density at radius 2 is 2.20 bits per heavy atom. The van der Waals surface area contributed by atoms with Crippen molar-refractivity contribution in [3.05, 3.63) is 53.3 Å². The van der Waals surface area contributed by atoms with Gasteiger partial charge in [-0.2, -0.15) is 5.10 Å². The van der Waals surface area contributed by atoms with Gasteiger partial charge in [0.15, 0.2) is 0 Å². The summed E-state index contributed by atoms with van der Waals surface area (Å²) >= 11 is 0. The Balaban J connectivity index is 1.69. The highest BCUT2D eigenvalue weighted by atomic mass is 16.1. The number of amides is 1. The number of aromatic nitrogens is 2. The standard InChI is InChI=1S/C20H28N4O/c1-15(2)13-21-20(25)17-7-4-6-16(12-17)14-24-11-5-8-19(24)18-9-10-22-23(18)3/h4,6-7,9-10,12,15,19H,5,8,11,13-14H2,1-3H3,(H,21,25). The van der Waals surface area contributed by atoms with Crippen LogP contribution < -0.4 is 5.32 Å². The SMILES string of the molecule is CC(C)CNC(=O)c1cccc(CN2CCCC2c2ccnn2C)c1. The molecular formula is C20H28N4O. The molecule has 25 heavy (non-hydrogen) atoms. The third-order valence-corrected chi connectivity index (χ3v) is 4.81. The predicted molar refractivity (Wildman–Crippen MR) is 99.2 cm³/mol. The highest BCUT2D eigenvalue weighted by Crippen LogP contribution is 2.32. The molecule has 1 amide bonds. The van der Waals surface area contributed by atoms with Crippen molar-refractivity contribution in [2.45, 2.75) is 39.3 Å². The molecule has 2 aromatic rings. The van der Waals surface area contributed by atoms with Gasteiger partial charge in [0.2, 0.25) is 0 Å². The van der Waals surface area contributed by atoms with E-state index in [0.29, 0.717) is 18.5 Å². The Bertz CT molecular complexity index is 722. The van der Waals surface area contributed by atoms with Gasteiger partial charge in [-0.25, -0.2) is 0 Å². The molecule has 1 N–H and O–H groups in total. The molecule has 0 radical (unpaired) electrons. The zero-order valence-electron chi connectivity index (χ0n) is 15.4. The number of hydrogen-bond donors (Lipinski definition) is 1. The zero-order valence-corrected chi connectivity index (χ0v) is 15.4. The van der Waals surface area contributed by atoms with E-state index in [1.165, 1.54) is 17.7 Å². The van der Waals surface area contributed by atoms with Crippen LogP contribution in [0.15, 0.2) is 36.5 Å². The number of likely N-dealkylation sites (tertiary alicyclic amines) is 1. The van der Waals surface area contributed by atoms with Gasteiger partial charge in [0.25, 0.3) is 5.91 Å². The minimum absolute atomic E-state index is 0.0140. The van der Waals surface area contributed by atoms with Gasteiger partial charge in [0.05, 0.1) is 11.7 Å². The van der Waals surface area contributed by atoms with Crippen molar-refractivity contribution in [1.82, 2.24) is 20.0 Å². The van der Waals surface area contributed by atoms with E-state index in [1.54, 1.807) is 0 Å². The van der Waals surface area contributed by atoms with Crippen LogP contribution in [-0.4, -0.2) is 33.7 Å². The Kier molecular flexibility index (Phi) is 5.53. The fourth-order valence-electron chi connectivity index (χ4n) is 3.51. The molecule has 0 spiro atoms. The van der Waals surface area contributed by atoms with E-state index in [1.807, 2.05) is 36.1 Å². The Hall–Kier alpha value is -2.14. The summed E-state index contributed by atoms with van der Waals surface area (Å²) in [6.45, 7) is 6.85. The maximum atomic E-state index is 12.3. The van der Waals surface area contributed by atoms with Crippen LogP contribution in [0.5, 0.6) is 0 Å². The van der Waals surface area contributed by atoms with E-state index in [-0.39, 0.29) is 5.91 Å². The number of hydrogen-bond acceptors (Lipinski definition) is 3. The normalized spacial score (nSPS) is 18.0. The van der Waals surface area contributed by atoms with Crippen LogP contribution in [0.3, 0.4) is 0 Å². The Morgan fingerprint density at radius 1 is 1.36 bits per heavy atom. The van der Waals surface area contributed by atoms with E-state index in [0.717, 1.165) is 25.1 Å². The first-order chi connectivity index (χ1) is 12.0. The Morgan fingerprint density at radius 3 is 2.92 bits per heavy atom. The molecule has 2 heterocycles. The molecule has 5 heteroatoms. The van der Waals surface area contributed by atoms with Gasteiger partial charge in [-0.15, -0.1) is 0 Å². The molecule has 0 aliphatic carbocycles. The highest BCUT2D eigenvalue weighted by molar-refractivity contribution is 5.94. The van der Waals surface area contributed by atoms with Crippen LogP contribution in [0, 0.1) is 5.92 Å². The van der Waals surface area contributed by atoms with Gasteiger partial charge in [0.1, 0.15) is 0 Å². The minimum atomic E-state index is 0.0140. The lowest BCUT2D eigenvalue weighted by Gasteiger charge is -2.24. The molecular weight excluding hydrogens is 312 g/mol. The van der Waals surface area contributed by atoms with Crippen LogP contribution in [0.25, 0.3) is 0 Å². The van der Waals surface area contributed by atoms with Crippen molar-refractivity contribution < 1.29 is 4.79 Å². The average molecular weight is 340 g/mol. The zero-order chi connectivity index (χ0) is 17.8. The van der Waals surface area contributed by atoms with Crippen molar-refractivity contribution in [1.29, 1.82) is 0 Å². The van der Waals surface area contributed by atoms with Crippen LogP contribution >= 0.6 is 0 Å². The molecule has 0 saturated carbocycles. The largest absolute Gasteiger partial charge is 0.352 e. The maximum Gasteiger partial charge on any atom is 0.251 e. The quantitative estimate of drug-likeness (QED) is 0.879. The first-order valence-electron chi connectivity index (χ1n) is 9.13. The molecule has 3 rings (SSSR count). The molecule has 5 nitrogen and oxygen atoms in total. The lowest BCUT2D eigenvalue weighted by atomic mass is 10.1. The number of carbonyl (C=O) groups excluding carboxylic acids is 1. The smallest absolute Gasteiger partial charge is 0.251 e. The van der Waals surface area contributed by atoms with Crippen LogP contribution in [0.4, 0.5) is 0 Å². The highest BCUT2D eigenvalue weighted by Gasteiger charge is 2.28. The van der Waals surface area contributed by atoms with Crippen molar-refractivity contribution in [2.24, 2.45) is 13.0 Å². The molecule has 0 bridgehead atoms. The first-order valence-corrected chi connectivity index (χ1v) is 9.13. The minimum Gasteiger partial charge on any atom is -0.352 e. The second-order valence-electron chi connectivity index (χ2n) is 7.31. The topological polar surface area (TPSA) is 50.2 Å². The summed E-state index contributed by atoms with van der Waals surface area (Å²) in [6.07, 6.45) is 4.23. The first kappa shape index (κ1) is 17.7. The summed E-state index contributed by atoms with van der Waals surface area (Å²) in [5.41, 5.74) is 3.20. The van der Waals surface area contributed by atoms with Gasteiger partial charge < -0.3 is 5.32 Å². The molecule has 1 fully saturated rings. The summed E-state index contributed by atoms with van der Waals surface area (Å²) in [7, 11) is 2.01. The van der Waals surface area contributed by atoms with Crippen molar-refractivity contribution in [3.8, 4) is 0 Å². The second-order valence-corrected chi connectivity index (χ2v) is 7.31. The summed E-state index contributed by atoms with van der Waals surface area (Å²) in [6, 6.07) is 10.5. The van der Waals surface area contributed by atoms with Gasteiger partial charge >= 0.3 is 0 Å². The van der Waals surface area contributed by atoms with Crippen molar-refractivity contribution >= 4 is 5.91 Å². The monoisotopic (exact) mass is 340 g/mol. The van der Waals surface area contributed by atoms with Gasteiger partial charge in [-0.3, -0.25) is 14.4 Å². The number of aryl methyl sites for hydroxylation is 1. The maximum absolute atomic E-state index is 12.3. The molecule has 1 unspecified atom stereocenters. The van der Waals surface area contributed by atoms with Gasteiger partial charge in [0, 0.05) is 31.9 Å². The van der Waals surface area contributed by atoms with Crippen LogP contribution in [0.1, 0.15) is 54.3 Å². The van der Waals surface area contributed by atoms with Crippen LogP contribution in [-0.2, 0) is 13.6 Å². The molecule has 1 atom stereocenters. The number of rotatable bonds is 6. The summed E-state index contributed by atoms with van der Waals surface area (Å²) < 4.78 is 1.97. The van der Waals surface area contributed by atoms with E-state index < -0.39 is 0 Å². The molecule has 134 valence electrons. The van der Waals surface area contributed by atoms with E-state index in [4.69, 9.17) is 0 Å². The summed E-state index contributed by atoms with van der Waals surface area (Å²) in [5.74, 6) is 0.469. The van der Waals surface area contributed by atoms with E-state index in [2.05, 4.69) is 41.3 Å². The third-order valence-electron chi connectivity index (χ3n) is 4.81. The van der Waals surface area contributed by atoms with Crippen molar-refractivity contribution in [3.63, 3.8) is 0 Å².